The minimum absolute atomic E-state index is 0.0529. The van der Waals surface area contributed by atoms with Crippen molar-refractivity contribution in [3.63, 3.8) is 0 Å². The Morgan fingerprint density at radius 3 is 2.81 bits per heavy atom. The Morgan fingerprint density at radius 1 is 1.27 bits per heavy atom. The highest BCUT2D eigenvalue weighted by molar-refractivity contribution is 8.00. The number of nitrogens with zero attached hydrogens (tertiary/aromatic N) is 2. The first-order chi connectivity index (χ1) is 12.5. The van der Waals surface area contributed by atoms with Crippen molar-refractivity contribution in [1.82, 2.24) is 9.80 Å². The van der Waals surface area contributed by atoms with Gasteiger partial charge in [0.15, 0.2) is 0 Å². The zero-order chi connectivity index (χ0) is 18.7. The zero-order valence-corrected chi connectivity index (χ0v) is 15.3. The molecule has 2 heterocycles. The number of carbonyl (C=O) groups excluding carboxylic acids is 4. The number of hydrogen-bond donors (Lipinski definition) is 0. The third-order valence-electron chi connectivity index (χ3n) is 4.57. The van der Waals surface area contributed by atoms with Crippen molar-refractivity contribution in [2.45, 2.75) is 18.1 Å². The maximum atomic E-state index is 12.5. The molecule has 1 aromatic rings. The van der Waals surface area contributed by atoms with Gasteiger partial charge in [0, 0.05) is 37.4 Å². The topological polar surface area (TPSA) is 84.0 Å². The summed E-state index contributed by atoms with van der Waals surface area (Å²) in [4.78, 5) is 51.7. The lowest BCUT2D eigenvalue weighted by Crippen LogP contribution is -2.47. The highest BCUT2D eigenvalue weighted by Gasteiger charge is 2.33. The fraction of sp³-hybridized carbons (Fsp3) is 0.444. The summed E-state index contributed by atoms with van der Waals surface area (Å²) in [5.41, 5.74) is 1.23. The average molecular weight is 376 g/mol. The smallest absolute Gasteiger partial charge is 0.320 e. The number of imide groups is 1. The summed E-state index contributed by atoms with van der Waals surface area (Å²) in [5.74, 6) is -0.501. The lowest BCUT2D eigenvalue weighted by molar-refractivity contribution is -0.141. The third-order valence-corrected chi connectivity index (χ3v) is 5.73. The van der Waals surface area contributed by atoms with Gasteiger partial charge in [0.05, 0.1) is 13.5 Å². The van der Waals surface area contributed by atoms with Crippen molar-refractivity contribution in [2.75, 3.05) is 32.5 Å². The Hall–Kier alpha value is -2.35. The Bertz CT molecular complexity index is 751. The van der Waals surface area contributed by atoms with Gasteiger partial charge in [-0.1, -0.05) is 18.2 Å². The lowest BCUT2D eigenvalue weighted by Gasteiger charge is -2.32. The molecule has 8 heteroatoms. The van der Waals surface area contributed by atoms with Crippen molar-refractivity contribution in [2.24, 2.45) is 0 Å². The molecule has 0 radical (unpaired) electrons. The molecule has 3 rings (SSSR count). The van der Waals surface area contributed by atoms with E-state index in [1.807, 2.05) is 0 Å². The van der Waals surface area contributed by atoms with Crippen molar-refractivity contribution in [3.05, 3.63) is 35.4 Å². The molecule has 26 heavy (non-hydrogen) atoms. The monoisotopic (exact) mass is 376 g/mol. The van der Waals surface area contributed by atoms with E-state index in [2.05, 4.69) is 0 Å². The summed E-state index contributed by atoms with van der Waals surface area (Å²) < 4.78 is 4.74. The molecule has 0 unspecified atom stereocenters. The lowest BCUT2D eigenvalue weighted by atomic mass is 9.98. The van der Waals surface area contributed by atoms with Gasteiger partial charge >= 0.3 is 5.97 Å². The van der Waals surface area contributed by atoms with Crippen LogP contribution in [-0.2, 0) is 25.5 Å². The molecule has 1 atom stereocenters. The van der Waals surface area contributed by atoms with E-state index in [9.17, 15) is 19.2 Å². The van der Waals surface area contributed by atoms with Gasteiger partial charge in [0.25, 0.3) is 5.91 Å². The minimum atomic E-state index is -0.386. The van der Waals surface area contributed by atoms with Crippen LogP contribution in [0.4, 0.5) is 0 Å². The number of fused-ring (bicyclic) bond motifs is 1. The van der Waals surface area contributed by atoms with E-state index in [1.165, 1.54) is 18.9 Å². The molecule has 1 fully saturated rings. The van der Waals surface area contributed by atoms with Crippen molar-refractivity contribution < 1.29 is 23.9 Å². The Balaban J connectivity index is 1.60. The molecule has 0 bridgehead atoms. The van der Waals surface area contributed by atoms with E-state index in [0.717, 1.165) is 10.5 Å². The first kappa shape index (κ1) is 18.4. The van der Waals surface area contributed by atoms with Crippen LogP contribution in [0.25, 0.3) is 0 Å². The van der Waals surface area contributed by atoms with Gasteiger partial charge in [-0.15, -0.1) is 11.8 Å². The number of esters is 1. The van der Waals surface area contributed by atoms with Gasteiger partial charge in [-0.05, 0) is 11.6 Å². The number of hydrogen-bond acceptors (Lipinski definition) is 6. The van der Waals surface area contributed by atoms with Gasteiger partial charge in [-0.2, -0.15) is 0 Å². The number of thioether (sulfide) groups is 1. The van der Waals surface area contributed by atoms with Crippen LogP contribution in [0.3, 0.4) is 0 Å². The molecule has 2 aliphatic rings. The SMILES string of the molecule is COC(=O)[C@@H]1CN(C(=O)CCN2C(=O)Cc3ccccc3C2=O)CCS1. The van der Waals surface area contributed by atoms with Crippen LogP contribution in [0.5, 0.6) is 0 Å². The van der Waals surface area contributed by atoms with Crippen molar-refractivity contribution in [3.8, 4) is 0 Å². The van der Waals surface area contributed by atoms with Gasteiger partial charge in [-0.3, -0.25) is 24.1 Å². The van der Waals surface area contributed by atoms with Crippen LogP contribution in [0, 0.1) is 0 Å². The minimum Gasteiger partial charge on any atom is -0.468 e. The predicted octanol–water partition coefficient (Wildman–Crippen LogP) is 0.719. The fourth-order valence-electron chi connectivity index (χ4n) is 3.14. The van der Waals surface area contributed by atoms with Crippen LogP contribution in [0.1, 0.15) is 22.3 Å². The Morgan fingerprint density at radius 2 is 2.04 bits per heavy atom. The molecule has 7 nitrogen and oxygen atoms in total. The van der Waals surface area contributed by atoms with Gasteiger partial charge in [0.1, 0.15) is 5.25 Å². The average Bonchev–Trinajstić information content (AvgIpc) is 2.67. The summed E-state index contributed by atoms with van der Waals surface area (Å²) in [6, 6.07) is 7.02. The normalized spacial score (nSPS) is 20.0. The molecule has 3 amide bonds. The maximum Gasteiger partial charge on any atom is 0.320 e. The van der Waals surface area contributed by atoms with E-state index in [1.54, 1.807) is 29.2 Å². The highest BCUT2D eigenvalue weighted by Crippen LogP contribution is 2.22. The second-order valence-corrected chi connectivity index (χ2v) is 7.47. The highest BCUT2D eigenvalue weighted by atomic mass is 32.2. The Kier molecular flexibility index (Phi) is 5.61. The summed E-state index contributed by atoms with van der Waals surface area (Å²) in [5, 5.41) is -0.386. The first-order valence-corrected chi connectivity index (χ1v) is 9.46. The quantitative estimate of drug-likeness (QED) is 0.569. The van der Waals surface area contributed by atoms with Crippen molar-refractivity contribution >= 4 is 35.5 Å². The number of ether oxygens (including phenoxy) is 1. The van der Waals surface area contributed by atoms with Gasteiger partial charge in [-0.25, -0.2) is 0 Å². The molecule has 0 N–H and O–H groups in total. The van der Waals surface area contributed by atoms with Gasteiger partial charge < -0.3 is 9.64 Å². The van der Waals surface area contributed by atoms with Crippen LogP contribution in [0.15, 0.2) is 24.3 Å². The van der Waals surface area contributed by atoms with Crippen molar-refractivity contribution in [1.29, 1.82) is 0 Å². The number of carbonyl (C=O) groups is 4. The standard InChI is InChI=1S/C18H20N2O5S/c1-25-18(24)14-11-19(8-9-26-14)15(21)6-7-20-16(22)10-12-4-2-3-5-13(12)17(20)23/h2-5,14H,6-11H2,1H3/t14-/m0/s1. The maximum absolute atomic E-state index is 12.5. The molecule has 0 saturated carbocycles. The largest absolute Gasteiger partial charge is 0.468 e. The van der Waals surface area contributed by atoms with Crippen LogP contribution in [0.2, 0.25) is 0 Å². The fourth-order valence-corrected chi connectivity index (χ4v) is 4.27. The third kappa shape index (κ3) is 3.75. The second kappa shape index (κ2) is 7.90. The van der Waals surface area contributed by atoms with E-state index in [0.29, 0.717) is 24.4 Å². The summed E-state index contributed by atoms with van der Waals surface area (Å²) >= 11 is 1.47. The predicted molar refractivity (Wildman–Crippen MR) is 95.6 cm³/mol. The molecule has 1 saturated heterocycles. The van der Waals surface area contributed by atoms with Crippen LogP contribution >= 0.6 is 11.8 Å². The molecule has 0 spiro atoms. The van der Waals surface area contributed by atoms with E-state index in [-0.39, 0.29) is 48.3 Å². The Labute approximate surface area is 155 Å². The molecule has 0 aromatic heterocycles. The summed E-state index contributed by atoms with van der Waals surface area (Å²) in [7, 11) is 1.33. The number of rotatable bonds is 4. The first-order valence-electron chi connectivity index (χ1n) is 8.41. The van der Waals surface area contributed by atoms with E-state index in [4.69, 9.17) is 4.74 Å². The molecular weight excluding hydrogens is 356 g/mol. The number of benzene rings is 1. The molecule has 0 aliphatic carbocycles. The molecular formula is C18H20N2O5S. The summed E-state index contributed by atoms with van der Waals surface area (Å²) in [6.45, 7) is 0.889. The number of amides is 3. The van der Waals surface area contributed by atoms with Gasteiger partial charge in [0.2, 0.25) is 11.8 Å². The van der Waals surface area contributed by atoms with E-state index >= 15 is 0 Å². The zero-order valence-electron chi connectivity index (χ0n) is 14.5. The number of methoxy groups -OCH3 is 1. The molecule has 138 valence electrons. The molecule has 2 aliphatic heterocycles. The van der Waals surface area contributed by atoms with Crippen LogP contribution in [-0.4, -0.2) is 71.2 Å². The second-order valence-electron chi connectivity index (χ2n) is 6.16. The van der Waals surface area contributed by atoms with E-state index < -0.39 is 0 Å². The molecule has 1 aromatic carbocycles. The van der Waals surface area contributed by atoms with Crippen LogP contribution < -0.4 is 0 Å². The summed E-state index contributed by atoms with van der Waals surface area (Å²) in [6.07, 6.45) is 0.221.